The van der Waals surface area contributed by atoms with Crippen LogP contribution in [0.1, 0.15) is 0 Å². The molecular formula is C8H12O5. The Morgan fingerprint density at radius 2 is 1.92 bits per heavy atom. The molecule has 2 rings (SSSR count). The van der Waals surface area contributed by atoms with Crippen molar-refractivity contribution in [3.8, 4) is 0 Å². The van der Waals surface area contributed by atoms with Gasteiger partial charge in [0.2, 0.25) is 0 Å². The molecule has 2 aliphatic rings. The number of ether oxygens (including phenoxy) is 4. The molecule has 0 aromatic heterocycles. The summed E-state index contributed by atoms with van der Waals surface area (Å²) in [6.45, 7) is 2.27. The first kappa shape index (κ1) is 8.93. The van der Waals surface area contributed by atoms with Crippen LogP contribution in [-0.4, -0.2) is 51.2 Å². The first-order chi connectivity index (χ1) is 6.38. The van der Waals surface area contributed by atoms with Crippen LogP contribution >= 0.6 is 0 Å². The van der Waals surface area contributed by atoms with Gasteiger partial charge in [0, 0.05) is 0 Å². The normalized spacial score (nSPS) is 35.5. The zero-order valence-electron chi connectivity index (χ0n) is 7.23. The van der Waals surface area contributed by atoms with E-state index in [-0.39, 0.29) is 12.1 Å². The lowest BCUT2D eigenvalue weighted by molar-refractivity contribution is -0.199. The van der Waals surface area contributed by atoms with E-state index in [1.165, 1.54) is 0 Å². The number of hydrogen-bond acceptors (Lipinski definition) is 5. The van der Waals surface area contributed by atoms with E-state index < -0.39 is 6.10 Å². The average molecular weight is 188 g/mol. The van der Waals surface area contributed by atoms with Crippen LogP contribution in [0.3, 0.4) is 0 Å². The molecule has 74 valence electrons. The zero-order valence-corrected chi connectivity index (χ0v) is 7.23. The molecule has 0 N–H and O–H groups in total. The minimum atomic E-state index is -0.603. The minimum absolute atomic E-state index is 0.304. The molecule has 2 fully saturated rings. The second-order valence-corrected chi connectivity index (χ2v) is 2.94. The van der Waals surface area contributed by atoms with Crippen molar-refractivity contribution in [2.45, 2.75) is 12.2 Å². The summed E-state index contributed by atoms with van der Waals surface area (Å²) in [7, 11) is 0. The van der Waals surface area contributed by atoms with Crippen LogP contribution < -0.4 is 0 Å². The third-order valence-corrected chi connectivity index (χ3v) is 2.04. The highest BCUT2D eigenvalue weighted by Gasteiger charge is 2.35. The first-order valence-electron chi connectivity index (χ1n) is 4.35. The first-order valence-corrected chi connectivity index (χ1v) is 4.35. The molecule has 5 heteroatoms. The van der Waals surface area contributed by atoms with Crippen LogP contribution in [0.25, 0.3) is 0 Å². The predicted molar refractivity (Wildman–Crippen MR) is 41.3 cm³/mol. The van der Waals surface area contributed by atoms with Gasteiger partial charge in [-0.05, 0) is 0 Å². The number of carbonyl (C=O) groups is 1. The minimum Gasteiger partial charge on any atom is -0.461 e. The van der Waals surface area contributed by atoms with E-state index in [4.69, 9.17) is 18.9 Å². The molecular weight excluding hydrogens is 176 g/mol. The lowest BCUT2D eigenvalue weighted by Crippen LogP contribution is -2.48. The fraction of sp³-hybridized carbons (Fsp3) is 0.875. The molecule has 5 nitrogen and oxygen atoms in total. The number of cyclic esters (lactones) is 1. The molecule has 0 radical (unpaired) electrons. The van der Waals surface area contributed by atoms with E-state index in [9.17, 15) is 4.79 Å². The van der Waals surface area contributed by atoms with Crippen molar-refractivity contribution in [2.24, 2.45) is 0 Å². The smallest absolute Gasteiger partial charge is 0.338 e. The van der Waals surface area contributed by atoms with Crippen LogP contribution in [-0.2, 0) is 23.7 Å². The fourth-order valence-electron chi connectivity index (χ4n) is 1.41. The van der Waals surface area contributed by atoms with Gasteiger partial charge in [-0.15, -0.1) is 0 Å². The van der Waals surface area contributed by atoms with Crippen LogP contribution in [0, 0.1) is 0 Å². The molecule has 2 atom stereocenters. The third-order valence-electron chi connectivity index (χ3n) is 2.04. The molecule has 0 aliphatic carbocycles. The highest BCUT2D eigenvalue weighted by molar-refractivity contribution is 5.76. The molecule has 2 aliphatic heterocycles. The summed E-state index contributed by atoms with van der Waals surface area (Å²) in [5.41, 5.74) is 0. The average Bonchev–Trinajstić information content (AvgIpc) is 2.20. The van der Waals surface area contributed by atoms with Crippen LogP contribution in [0.15, 0.2) is 0 Å². The van der Waals surface area contributed by atoms with E-state index in [0.29, 0.717) is 33.0 Å². The van der Waals surface area contributed by atoms with Crippen molar-refractivity contribution in [3.05, 3.63) is 0 Å². The van der Waals surface area contributed by atoms with E-state index in [0.717, 1.165) is 0 Å². The summed E-state index contributed by atoms with van der Waals surface area (Å²) in [6, 6.07) is 0. The Kier molecular flexibility index (Phi) is 2.77. The maximum Gasteiger partial charge on any atom is 0.338 e. The molecule has 13 heavy (non-hydrogen) atoms. The zero-order chi connectivity index (χ0) is 9.10. The third kappa shape index (κ3) is 1.99. The van der Waals surface area contributed by atoms with Crippen LogP contribution in [0.2, 0.25) is 0 Å². The second-order valence-electron chi connectivity index (χ2n) is 2.94. The molecule has 2 heterocycles. The van der Waals surface area contributed by atoms with Crippen molar-refractivity contribution in [1.29, 1.82) is 0 Å². The Morgan fingerprint density at radius 1 is 1.08 bits per heavy atom. The molecule has 2 unspecified atom stereocenters. The van der Waals surface area contributed by atoms with E-state index in [1.54, 1.807) is 0 Å². The van der Waals surface area contributed by atoms with Gasteiger partial charge in [0.25, 0.3) is 0 Å². The largest absolute Gasteiger partial charge is 0.461 e. The van der Waals surface area contributed by atoms with Crippen molar-refractivity contribution in [2.75, 3.05) is 33.0 Å². The van der Waals surface area contributed by atoms with Gasteiger partial charge in [-0.1, -0.05) is 0 Å². The van der Waals surface area contributed by atoms with Gasteiger partial charge in [0.1, 0.15) is 12.7 Å². The summed E-state index contributed by atoms with van der Waals surface area (Å²) in [6.07, 6.45) is -0.907. The quantitative estimate of drug-likeness (QED) is 0.511. The highest BCUT2D eigenvalue weighted by Crippen LogP contribution is 2.13. The Hall–Kier alpha value is -0.650. The number of hydrogen-bond donors (Lipinski definition) is 0. The molecule has 0 aromatic carbocycles. The Balaban J connectivity index is 1.92. The lowest BCUT2D eigenvalue weighted by Gasteiger charge is -2.31. The van der Waals surface area contributed by atoms with Crippen LogP contribution in [0.5, 0.6) is 0 Å². The summed E-state index contributed by atoms with van der Waals surface area (Å²) in [5, 5.41) is 0. The van der Waals surface area contributed by atoms with Crippen molar-refractivity contribution < 1.29 is 23.7 Å². The van der Waals surface area contributed by atoms with Crippen molar-refractivity contribution in [3.63, 3.8) is 0 Å². The number of carbonyl (C=O) groups excluding carboxylic acids is 1. The molecule has 0 saturated carbocycles. The monoisotopic (exact) mass is 188 g/mol. The van der Waals surface area contributed by atoms with Gasteiger partial charge in [-0.25, -0.2) is 4.79 Å². The van der Waals surface area contributed by atoms with E-state index >= 15 is 0 Å². The molecule has 0 aromatic rings. The van der Waals surface area contributed by atoms with Crippen LogP contribution in [0.4, 0.5) is 0 Å². The molecule has 2 saturated heterocycles. The Bertz CT molecular complexity index is 187. The summed E-state index contributed by atoms with van der Waals surface area (Å²) in [4.78, 5) is 11.2. The maximum absolute atomic E-state index is 11.2. The summed E-state index contributed by atoms with van der Waals surface area (Å²) >= 11 is 0. The van der Waals surface area contributed by atoms with Gasteiger partial charge in [0.05, 0.1) is 26.4 Å². The topological polar surface area (TPSA) is 54.0 Å². The second kappa shape index (κ2) is 4.04. The van der Waals surface area contributed by atoms with Gasteiger partial charge >= 0.3 is 5.97 Å². The summed E-state index contributed by atoms with van der Waals surface area (Å²) < 4.78 is 20.6. The Labute approximate surface area is 75.9 Å². The van der Waals surface area contributed by atoms with Gasteiger partial charge in [0.15, 0.2) is 6.10 Å². The highest BCUT2D eigenvalue weighted by atomic mass is 16.6. The van der Waals surface area contributed by atoms with Crippen molar-refractivity contribution >= 4 is 5.97 Å². The molecule has 0 amide bonds. The van der Waals surface area contributed by atoms with Gasteiger partial charge in [-0.3, -0.25) is 0 Å². The summed E-state index contributed by atoms with van der Waals surface area (Å²) in [5.74, 6) is -0.346. The van der Waals surface area contributed by atoms with Gasteiger partial charge < -0.3 is 18.9 Å². The maximum atomic E-state index is 11.2. The number of rotatable bonds is 1. The lowest BCUT2D eigenvalue weighted by atomic mass is 10.2. The predicted octanol–water partition coefficient (Wildman–Crippen LogP) is -0.656. The number of esters is 1. The molecule has 0 bridgehead atoms. The van der Waals surface area contributed by atoms with Crippen molar-refractivity contribution in [1.82, 2.24) is 0 Å². The van der Waals surface area contributed by atoms with E-state index in [2.05, 4.69) is 0 Å². The molecule has 0 spiro atoms. The fourth-order valence-corrected chi connectivity index (χ4v) is 1.41. The standard InChI is InChI=1S/C8H12O5/c9-8-7(12-3-4-13-8)6-5-10-1-2-11-6/h6-7H,1-5H2. The van der Waals surface area contributed by atoms with E-state index in [1.807, 2.05) is 0 Å². The SMILES string of the molecule is O=C1OCCOC1C1COCCO1. The van der Waals surface area contributed by atoms with Gasteiger partial charge in [-0.2, -0.15) is 0 Å². The Morgan fingerprint density at radius 3 is 2.62 bits per heavy atom.